The summed E-state index contributed by atoms with van der Waals surface area (Å²) in [5.41, 5.74) is 1.14. The molecule has 0 saturated carbocycles. The lowest BCUT2D eigenvalue weighted by molar-refractivity contribution is 0.102. The number of aromatic nitrogens is 2. The molecule has 2 rings (SSSR count). The highest BCUT2D eigenvalue weighted by molar-refractivity contribution is 6.03. The summed E-state index contributed by atoms with van der Waals surface area (Å²) in [6.45, 7) is 12.5. The van der Waals surface area contributed by atoms with Crippen molar-refractivity contribution in [3.05, 3.63) is 35.9 Å². The second kappa shape index (κ2) is 5.06. The van der Waals surface area contributed by atoms with Gasteiger partial charge in [0.05, 0.1) is 23.1 Å². The van der Waals surface area contributed by atoms with Gasteiger partial charge in [0.25, 0.3) is 5.91 Å². The van der Waals surface area contributed by atoms with Crippen LogP contribution < -0.4 is 5.32 Å². The Balaban J connectivity index is 2.38. The normalized spacial score (nSPS) is 12.5. The van der Waals surface area contributed by atoms with E-state index >= 15 is 0 Å². The van der Waals surface area contributed by atoms with Crippen LogP contribution in [0.25, 0.3) is 0 Å². The van der Waals surface area contributed by atoms with E-state index in [9.17, 15) is 4.79 Å². The molecule has 1 N–H and O–H groups in total. The second-order valence-corrected chi connectivity index (χ2v) is 7.21. The van der Waals surface area contributed by atoms with Gasteiger partial charge in [-0.05, 0) is 26.8 Å². The highest BCUT2D eigenvalue weighted by Crippen LogP contribution is 2.28. The minimum atomic E-state index is -0.220. The molecule has 0 radical (unpaired) electrons. The lowest BCUT2D eigenvalue weighted by atomic mass is 9.92. The summed E-state index contributed by atoms with van der Waals surface area (Å²) >= 11 is 0. The van der Waals surface area contributed by atoms with Crippen molar-refractivity contribution in [3.63, 3.8) is 0 Å². The van der Waals surface area contributed by atoms with Gasteiger partial charge in [-0.3, -0.25) is 4.79 Å². The average Bonchev–Trinajstić information content (AvgIpc) is 2.94. The van der Waals surface area contributed by atoms with Crippen molar-refractivity contribution in [3.8, 4) is 0 Å². The quantitative estimate of drug-likeness (QED) is 0.915. The molecule has 0 aliphatic rings. The number of nitrogens with zero attached hydrogens (tertiary/aromatic N) is 2. The van der Waals surface area contributed by atoms with Crippen molar-refractivity contribution in [2.75, 3.05) is 5.32 Å². The first-order valence-corrected chi connectivity index (χ1v) is 7.03. The van der Waals surface area contributed by atoms with Crippen LogP contribution in [0, 0.1) is 0 Å². The molecule has 0 aliphatic heterocycles. The molecule has 0 spiro atoms. The molecule has 2 heterocycles. The maximum atomic E-state index is 12.2. The molecule has 1 amide bonds. The zero-order valence-electron chi connectivity index (χ0n) is 13.5. The summed E-state index contributed by atoms with van der Waals surface area (Å²) in [7, 11) is 0. The van der Waals surface area contributed by atoms with Crippen molar-refractivity contribution in [1.82, 2.24) is 9.78 Å². The third-order valence-corrected chi connectivity index (χ3v) is 3.14. The second-order valence-electron chi connectivity index (χ2n) is 7.21. The molecule has 0 bridgehead atoms. The Hall–Kier alpha value is -2.04. The van der Waals surface area contributed by atoms with E-state index in [2.05, 4.69) is 52.0 Å². The molecule has 21 heavy (non-hydrogen) atoms. The molecule has 2 aromatic heterocycles. The van der Waals surface area contributed by atoms with Crippen LogP contribution in [0.4, 0.5) is 5.82 Å². The number of anilines is 1. The fourth-order valence-electron chi connectivity index (χ4n) is 1.93. The summed E-state index contributed by atoms with van der Waals surface area (Å²) in [6, 6.07) is 3.57. The van der Waals surface area contributed by atoms with Crippen LogP contribution >= 0.6 is 0 Å². The van der Waals surface area contributed by atoms with Gasteiger partial charge < -0.3 is 9.73 Å². The van der Waals surface area contributed by atoms with Crippen LogP contribution in [0.1, 0.15) is 57.6 Å². The number of hydrogen-bond donors (Lipinski definition) is 1. The zero-order valence-corrected chi connectivity index (χ0v) is 13.5. The van der Waals surface area contributed by atoms with Gasteiger partial charge in [-0.25, -0.2) is 4.68 Å². The summed E-state index contributed by atoms with van der Waals surface area (Å²) in [5, 5.41) is 7.58. The van der Waals surface area contributed by atoms with Crippen LogP contribution in [0.3, 0.4) is 0 Å². The third-order valence-electron chi connectivity index (χ3n) is 3.14. The number of carbonyl (C=O) groups excluding carboxylic acids is 1. The standard InChI is InChI=1S/C16H23N3O2/c1-15(2,3)12-9-13(19(18-12)16(4,5)6)17-14(20)11-7-8-21-10-11/h7-10H,1-6H3,(H,17,20). The Kier molecular flexibility index (Phi) is 3.70. The Labute approximate surface area is 125 Å². The van der Waals surface area contributed by atoms with Gasteiger partial charge in [0, 0.05) is 11.5 Å². The summed E-state index contributed by atoms with van der Waals surface area (Å²) < 4.78 is 6.80. The molecule has 2 aromatic rings. The fraction of sp³-hybridized carbons (Fsp3) is 0.500. The number of nitrogens with one attached hydrogen (secondary N) is 1. The van der Waals surface area contributed by atoms with Gasteiger partial charge in [0.15, 0.2) is 0 Å². The topological polar surface area (TPSA) is 60.1 Å². The predicted molar refractivity (Wildman–Crippen MR) is 82.6 cm³/mol. The van der Waals surface area contributed by atoms with E-state index in [-0.39, 0.29) is 16.9 Å². The number of rotatable bonds is 2. The first-order chi connectivity index (χ1) is 9.59. The van der Waals surface area contributed by atoms with E-state index in [0.717, 1.165) is 5.69 Å². The maximum Gasteiger partial charge on any atom is 0.260 e. The highest BCUT2D eigenvalue weighted by Gasteiger charge is 2.26. The third kappa shape index (κ3) is 3.35. The van der Waals surface area contributed by atoms with E-state index in [0.29, 0.717) is 11.4 Å². The van der Waals surface area contributed by atoms with Gasteiger partial charge >= 0.3 is 0 Å². The zero-order chi connectivity index (χ0) is 15.8. The minimum absolute atomic E-state index is 0.0778. The molecule has 0 aromatic carbocycles. The molecular formula is C16H23N3O2. The van der Waals surface area contributed by atoms with E-state index in [1.54, 1.807) is 6.07 Å². The lowest BCUT2D eigenvalue weighted by Gasteiger charge is -2.22. The fourth-order valence-corrected chi connectivity index (χ4v) is 1.93. The summed E-state index contributed by atoms with van der Waals surface area (Å²) in [5.74, 6) is 0.494. The Morgan fingerprint density at radius 3 is 2.38 bits per heavy atom. The van der Waals surface area contributed by atoms with Crippen molar-refractivity contribution < 1.29 is 9.21 Å². The Bertz CT molecular complexity index is 626. The predicted octanol–water partition coefficient (Wildman–Crippen LogP) is 3.78. The molecule has 0 atom stereocenters. The molecule has 0 unspecified atom stereocenters. The van der Waals surface area contributed by atoms with Crippen LogP contribution in [-0.4, -0.2) is 15.7 Å². The molecule has 5 heteroatoms. The van der Waals surface area contributed by atoms with E-state index in [1.807, 2.05) is 10.7 Å². The molecule has 5 nitrogen and oxygen atoms in total. The van der Waals surface area contributed by atoms with Gasteiger partial charge in [0.1, 0.15) is 12.1 Å². The number of carbonyl (C=O) groups is 1. The van der Waals surface area contributed by atoms with E-state index in [4.69, 9.17) is 4.42 Å². The SMILES string of the molecule is CC(C)(C)c1cc(NC(=O)c2ccoc2)n(C(C)(C)C)n1. The van der Waals surface area contributed by atoms with Crippen LogP contribution in [0.15, 0.2) is 29.1 Å². The molecule has 0 fully saturated rings. The van der Waals surface area contributed by atoms with Crippen LogP contribution in [-0.2, 0) is 11.0 Å². The number of furan rings is 1. The number of hydrogen-bond acceptors (Lipinski definition) is 3. The summed E-state index contributed by atoms with van der Waals surface area (Å²) in [4.78, 5) is 12.2. The van der Waals surface area contributed by atoms with Crippen molar-refractivity contribution >= 4 is 11.7 Å². The minimum Gasteiger partial charge on any atom is -0.472 e. The number of amides is 1. The lowest BCUT2D eigenvalue weighted by Crippen LogP contribution is -2.27. The van der Waals surface area contributed by atoms with E-state index < -0.39 is 0 Å². The Morgan fingerprint density at radius 2 is 1.90 bits per heavy atom. The van der Waals surface area contributed by atoms with Crippen molar-refractivity contribution in [2.45, 2.75) is 52.5 Å². The van der Waals surface area contributed by atoms with Crippen LogP contribution in [0.2, 0.25) is 0 Å². The first kappa shape index (κ1) is 15.4. The van der Waals surface area contributed by atoms with Crippen molar-refractivity contribution in [2.24, 2.45) is 0 Å². The monoisotopic (exact) mass is 289 g/mol. The van der Waals surface area contributed by atoms with Gasteiger partial charge in [0.2, 0.25) is 0 Å². The van der Waals surface area contributed by atoms with Gasteiger partial charge in [-0.15, -0.1) is 0 Å². The summed E-state index contributed by atoms with van der Waals surface area (Å²) in [6.07, 6.45) is 2.91. The molecule has 0 saturated heterocycles. The largest absolute Gasteiger partial charge is 0.472 e. The average molecular weight is 289 g/mol. The van der Waals surface area contributed by atoms with Crippen LogP contribution in [0.5, 0.6) is 0 Å². The molecule has 0 aliphatic carbocycles. The Morgan fingerprint density at radius 1 is 1.24 bits per heavy atom. The van der Waals surface area contributed by atoms with Gasteiger partial charge in [-0.2, -0.15) is 5.10 Å². The van der Waals surface area contributed by atoms with Gasteiger partial charge in [-0.1, -0.05) is 20.8 Å². The smallest absolute Gasteiger partial charge is 0.260 e. The van der Waals surface area contributed by atoms with E-state index in [1.165, 1.54) is 12.5 Å². The first-order valence-electron chi connectivity index (χ1n) is 7.03. The molecule has 114 valence electrons. The maximum absolute atomic E-state index is 12.2. The van der Waals surface area contributed by atoms with Crippen molar-refractivity contribution in [1.29, 1.82) is 0 Å². The highest BCUT2D eigenvalue weighted by atomic mass is 16.3. The molecular weight excluding hydrogens is 266 g/mol.